The molecule has 0 unspecified atom stereocenters. The van der Waals surface area contributed by atoms with Crippen LogP contribution in [0.15, 0.2) is 200 Å². The molecule has 11 aromatic rings. The molecule has 1 spiro atoms. The third-order valence-electron chi connectivity index (χ3n) is 12.8. The van der Waals surface area contributed by atoms with Gasteiger partial charge in [-0.1, -0.05) is 158 Å². The number of benzene rings is 10. The zero-order valence-electron chi connectivity index (χ0n) is 30.9. The molecule has 1 heterocycles. The number of nitrogens with zero attached hydrogens (tertiary/aromatic N) is 1. The molecule has 264 valence electrons. The van der Waals surface area contributed by atoms with Gasteiger partial charge in [-0.3, -0.25) is 0 Å². The Balaban J connectivity index is 1.23. The second-order valence-electron chi connectivity index (χ2n) is 15.5. The third-order valence-corrected chi connectivity index (χ3v) is 14.0. The molecule has 1 aromatic heterocycles. The zero-order valence-corrected chi connectivity index (χ0v) is 31.7. The van der Waals surface area contributed by atoms with Crippen molar-refractivity contribution in [1.29, 1.82) is 0 Å². The molecule has 0 fully saturated rings. The average Bonchev–Trinajstić information content (AvgIpc) is 3.91. The molecule has 1 nitrogen and oxygen atoms in total. The van der Waals surface area contributed by atoms with Crippen molar-refractivity contribution in [2.45, 2.75) is 5.41 Å². The first-order valence-corrected chi connectivity index (χ1v) is 20.6. The Morgan fingerprint density at radius 3 is 1.58 bits per heavy atom. The highest BCUT2D eigenvalue weighted by Gasteiger charge is 2.53. The number of para-hydroxylation sites is 1. The topological polar surface area (TPSA) is 3.24 Å². The van der Waals surface area contributed by atoms with Crippen LogP contribution in [0.3, 0.4) is 0 Å². The second-order valence-corrected chi connectivity index (χ2v) is 16.6. The summed E-state index contributed by atoms with van der Waals surface area (Å²) in [5.41, 5.74) is 13.7. The minimum atomic E-state index is -0.545. The van der Waals surface area contributed by atoms with E-state index in [1.54, 1.807) is 0 Å². The summed E-state index contributed by atoms with van der Waals surface area (Å²) in [6, 6.07) is 75.1. The Bertz CT molecular complexity index is 3440. The molecule has 0 saturated heterocycles. The molecule has 0 saturated carbocycles. The van der Waals surface area contributed by atoms with E-state index in [0.717, 1.165) is 11.4 Å². The van der Waals surface area contributed by atoms with Gasteiger partial charge in [0.1, 0.15) is 0 Å². The summed E-state index contributed by atoms with van der Waals surface area (Å²) in [6.45, 7) is 0. The van der Waals surface area contributed by atoms with Crippen LogP contribution >= 0.6 is 11.3 Å². The van der Waals surface area contributed by atoms with Crippen LogP contribution in [0.25, 0.3) is 74.7 Å². The van der Waals surface area contributed by atoms with E-state index in [1.807, 2.05) is 11.3 Å². The third kappa shape index (κ3) is 4.02. The van der Waals surface area contributed by atoms with Gasteiger partial charge in [-0.25, -0.2) is 0 Å². The molecule has 13 rings (SSSR count). The molecular formula is C55H33NS. The van der Waals surface area contributed by atoms with Gasteiger partial charge in [-0.2, -0.15) is 0 Å². The maximum Gasteiger partial charge on any atom is 0.0732 e. The van der Waals surface area contributed by atoms with E-state index in [-0.39, 0.29) is 0 Å². The fourth-order valence-corrected chi connectivity index (χ4v) is 11.8. The van der Waals surface area contributed by atoms with Gasteiger partial charge in [0.25, 0.3) is 0 Å². The minimum absolute atomic E-state index is 0.545. The predicted molar refractivity (Wildman–Crippen MR) is 243 cm³/mol. The molecular weight excluding hydrogens is 707 g/mol. The van der Waals surface area contributed by atoms with Crippen LogP contribution in [0.5, 0.6) is 0 Å². The quantitative estimate of drug-likeness (QED) is 0.163. The normalized spacial score (nSPS) is 13.4. The van der Waals surface area contributed by atoms with Crippen LogP contribution in [0.1, 0.15) is 22.3 Å². The van der Waals surface area contributed by atoms with Crippen molar-refractivity contribution in [2.75, 3.05) is 4.90 Å². The number of fused-ring (bicyclic) bond motifs is 20. The highest BCUT2D eigenvalue weighted by molar-refractivity contribution is 7.25. The molecule has 2 aliphatic rings. The van der Waals surface area contributed by atoms with Gasteiger partial charge in [0.05, 0.1) is 11.1 Å². The summed E-state index contributed by atoms with van der Waals surface area (Å²) in [5.74, 6) is 0. The van der Waals surface area contributed by atoms with Gasteiger partial charge in [0.2, 0.25) is 0 Å². The average molecular weight is 740 g/mol. The van der Waals surface area contributed by atoms with Crippen LogP contribution in [0, 0.1) is 0 Å². The lowest BCUT2D eigenvalue weighted by Gasteiger charge is -2.33. The van der Waals surface area contributed by atoms with E-state index in [1.165, 1.54) is 103 Å². The van der Waals surface area contributed by atoms with E-state index < -0.39 is 5.41 Å². The maximum atomic E-state index is 2.57. The molecule has 0 aliphatic heterocycles. The monoisotopic (exact) mass is 739 g/mol. The Morgan fingerprint density at radius 2 is 0.860 bits per heavy atom. The van der Waals surface area contributed by atoms with E-state index in [2.05, 4.69) is 205 Å². The zero-order chi connectivity index (χ0) is 37.2. The summed E-state index contributed by atoms with van der Waals surface area (Å²) in [7, 11) is 0. The van der Waals surface area contributed by atoms with Crippen LogP contribution in [0.2, 0.25) is 0 Å². The highest BCUT2D eigenvalue weighted by Crippen LogP contribution is 2.67. The first-order valence-electron chi connectivity index (χ1n) is 19.8. The van der Waals surface area contributed by atoms with E-state index in [0.29, 0.717) is 0 Å². The van der Waals surface area contributed by atoms with Gasteiger partial charge < -0.3 is 4.90 Å². The molecule has 10 aromatic carbocycles. The largest absolute Gasteiger partial charge is 0.310 e. The van der Waals surface area contributed by atoms with Crippen LogP contribution < -0.4 is 4.90 Å². The minimum Gasteiger partial charge on any atom is -0.310 e. The summed E-state index contributed by atoms with van der Waals surface area (Å²) in [5, 5.41) is 10.3. The molecule has 0 amide bonds. The first-order chi connectivity index (χ1) is 28.3. The fourth-order valence-electron chi connectivity index (χ4n) is 10.7. The number of hydrogen-bond acceptors (Lipinski definition) is 2. The number of rotatable bonds is 3. The van der Waals surface area contributed by atoms with E-state index >= 15 is 0 Å². The lowest BCUT2D eigenvalue weighted by Crippen LogP contribution is -2.26. The molecule has 0 radical (unpaired) electrons. The van der Waals surface area contributed by atoms with Crippen molar-refractivity contribution in [3.05, 3.63) is 222 Å². The molecule has 57 heavy (non-hydrogen) atoms. The fraction of sp³-hybridized carbons (Fsp3) is 0.0182. The van der Waals surface area contributed by atoms with Crippen molar-refractivity contribution in [3.8, 4) is 22.3 Å². The van der Waals surface area contributed by atoms with Crippen LogP contribution in [0.4, 0.5) is 17.1 Å². The summed E-state index contributed by atoms with van der Waals surface area (Å²) >= 11 is 1.87. The summed E-state index contributed by atoms with van der Waals surface area (Å²) in [4.78, 5) is 2.51. The maximum absolute atomic E-state index is 2.57. The Hall–Kier alpha value is -7.00. The molecule has 2 aliphatic carbocycles. The smallest absolute Gasteiger partial charge is 0.0732 e. The molecule has 0 atom stereocenters. The summed E-state index contributed by atoms with van der Waals surface area (Å²) in [6.07, 6.45) is 0. The van der Waals surface area contributed by atoms with Crippen molar-refractivity contribution < 1.29 is 0 Å². The van der Waals surface area contributed by atoms with Gasteiger partial charge in [-0.15, -0.1) is 11.3 Å². The number of hydrogen-bond donors (Lipinski definition) is 0. The van der Waals surface area contributed by atoms with E-state index in [9.17, 15) is 0 Å². The van der Waals surface area contributed by atoms with Crippen molar-refractivity contribution in [3.63, 3.8) is 0 Å². The SMILES string of the molecule is c1ccc(N(c2ccc3sc4ccccc4c3c2)c2cc3c(c4ccccc24)-c2c(c4ccccc4c4ccccc24)C32c3ccccc3-c3ccccc32)cc1. The predicted octanol–water partition coefficient (Wildman–Crippen LogP) is 15.3. The summed E-state index contributed by atoms with van der Waals surface area (Å²) < 4.78 is 2.62. The Labute approximate surface area is 334 Å². The lowest BCUT2D eigenvalue weighted by atomic mass is 9.69. The number of anilines is 3. The van der Waals surface area contributed by atoms with E-state index in [4.69, 9.17) is 0 Å². The lowest BCUT2D eigenvalue weighted by molar-refractivity contribution is 0.802. The highest BCUT2D eigenvalue weighted by atomic mass is 32.1. The van der Waals surface area contributed by atoms with Gasteiger partial charge in [-0.05, 0) is 114 Å². The Kier molecular flexibility index (Phi) is 6.31. The van der Waals surface area contributed by atoms with Crippen LogP contribution in [-0.2, 0) is 5.41 Å². The van der Waals surface area contributed by atoms with Crippen molar-refractivity contribution >= 4 is 80.9 Å². The van der Waals surface area contributed by atoms with Crippen molar-refractivity contribution in [1.82, 2.24) is 0 Å². The van der Waals surface area contributed by atoms with Crippen LogP contribution in [-0.4, -0.2) is 0 Å². The first kappa shape index (κ1) is 31.2. The van der Waals surface area contributed by atoms with Gasteiger partial charge in [0.15, 0.2) is 0 Å². The van der Waals surface area contributed by atoms with Gasteiger partial charge in [0, 0.05) is 36.9 Å². The molecule has 2 heteroatoms. The number of thiophene rings is 1. The van der Waals surface area contributed by atoms with Gasteiger partial charge >= 0.3 is 0 Å². The Morgan fingerprint density at radius 1 is 0.333 bits per heavy atom. The standard InChI is InChI=1S/C55H33NS/c1-2-16-34(17-3-1)56(35-30-31-51-45(32-35)41-23-12-15-29-50(41)57-51)49-33-48-52(43-25-8-6-22-40(43)49)53-42-24-7-4-18-36(42)37-19-5-9-26-44(37)54(53)55(48)46-27-13-10-20-38(46)39-21-11-14-28-47(39)55/h1-33H. The molecule has 0 N–H and O–H groups in total. The molecule has 0 bridgehead atoms. The second kappa shape index (κ2) is 11.5. The van der Waals surface area contributed by atoms with Crippen molar-refractivity contribution in [2.24, 2.45) is 0 Å².